The molecule has 2 aromatic rings. The van der Waals surface area contributed by atoms with Gasteiger partial charge in [0.05, 0.1) is 13.7 Å². The molecule has 1 atom stereocenters. The molecule has 0 bridgehead atoms. The van der Waals surface area contributed by atoms with E-state index in [0.29, 0.717) is 36.2 Å². The third kappa shape index (κ3) is 3.47. The minimum Gasteiger partial charge on any atom is -0.479 e. The van der Waals surface area contributed by atoms with E-state index in [4.69, 9.17) is 9.47 Å². The van der Waals surface area contributed by atoms with Crippen LogP contribution in [0.25, 0.3) is 0 Å². The van der Waals surface area contributed by atoms with Gasteiger partial charge >= 0.3 is 0 Å². The van der Waals surface area contributed by atoms with Crippen LogP contribution in [0.4, 0.5) is 0 Å². The van der Waals surface area contributed by atoms with Gasteiger partial charge in [-0.25, -0.2) is 4.98 Å². The molecule has 1 aliphatic heterocycles. The summed E-state index contributed by atoms with van der Waals surface area (Å²) in [6.07, 6.45) is 5.03. The van der Waals surface area contributed by atoms with Gasteiger partial charge in [0.2, 0.25) is 11.8 Å². The molecule has 128 valence electrons. The number of aromatic nitrogens is 4. The molecule has 2 aromatic heterocycles. The minimum absolute atomic E-state index is 0.0836. The SMILES string of the molecule is COc1nn(C)cc1C(=O)N1CCCC(Oc2ccnc(C)n2)C1. The third-order valence-corrected chi connectivity index (χ3v) is 3.92. The number of amides is 1. The standard InChI is InChI=1S/C16H21N5O3/c1-11-17-7-6-14(18-11)24-12-5-4-8-21(9-12)16(22)13-10-20(2)19-15(13)23-3/h6-7,10,12H,4-5,8-9H2,1-3H3. The van der Waals surface area contributed by atoms with E-state index in [1.807, 2.05) is 6.92 Å². The first-order valence-corrected chi connectivity index (χ1v) is 7.90. The zero-order valence-electron chi connectivity index (χ0n) is 14.1. The van der Waals surface area contributed by atoms with Crippen molar-refractivity contribution in [1.82, 2.24) is 24.6 Å². The first-order valence-electron chi connectivity index (χ1n) is 7.90. The fourth-order valence-corrected chi connectivity index (χ4v) is 2.83. The van der Waals surface area contributed by atoms with E-state index < -0.39 is 0 Å². The Balaban J connectivity index is 1.69. The maximum Gasteiger partial charge on any atom is 0.261 e. The molecular formula is C16H21N5O3. The van der Waals surface area contributed by atoms with E-state index in [2.05, 4.69) is 15.1 Å². The molecular weight excluding hydrogens is 310 g/mol. The molecule has 3 rings (SSSR count). The van der Waals surface area contributed by atoms with Crippen LogP contribution in [-0.4, -0.2) is 56.9 Å². The molecule has 1 amide bonds. The third-order valence-electron chi connectivity index (χ3n) is 3.92. The largest absolute Gasteiger partial charge is 0.479 e. The number of hydrogen-bond acceptors (Lipinski definition) is 6. The highest BCUT2D eigenvalue weighted by Gasteiger charge is 2.28. The number of rotatable bonds is 4. The Bertz CT molecular complexity index is 730. The zero-order chi connectivity index (χ0) is 17.1. The number of ether oxygens (including phenoxy) is 2. The fraction of sp³-hybridized carbons (Fsp3) is 0.500. The summed E-state index contributed by atoms with van der Waals surface area (Å²) < 4.78 is 12.7. The first-order chi connectivity index (χ1) is 11.6. The van der Waals surface area contributed by atoms with Crippen molar-refractivity contribution >= 4 is 5.91 Å². The lowest BCUT2D eigenvalue weighted by molar-refractivity contribution is 0.0524. The van der Waals surface area contributed by atoms with Crippen LogP contribution in [0, 0.1) is 6.92 Å². The van der Waals surface area contributed by atoms with Crippen molar-refractivity contribution in [2.24, 2.45) is 7.05 Å². The zero-order valence-corrected chi connectivity index (χ0v) is 14.1. The Kier molecular flexibility index (Phi) is 4.64. The normalized spacial score (nSPS) is 17.6. The summed E-state index contributed by atoms with van der Waals surface area (Å²) in [7, 11) is 3.28. The molecule has 0 N–H and O–H groups in total. The molecule has 0 spiro atoms. The molecule has 0 radical (unpaired) electrons. The average molecular weight is 331 g/mol. The summed E-state index contributed by atoms with van der Waals surface area (Å²) in [6, 6.07) is 1.73. The van der Waals surface area contributed by atoms with Crippen LogP contribution in [0.5, 0.6) is 11.8 Å². The van der Waals surface area contributed by atoms with Crippen LogP contribution in [-0.2, 0) is 7.05 Å². The number of carbonyl (C=O) groups excluding carboxylic acids is 1. The van der Waals surface area contributed by atoms with Gasteiger partial charge in [-0.15, -0.1) is 5.10 Å². The highest BCUT2D eigenvalue weighted by molar-refractivity contribution is 5.96. The number of piperidine rings is 1. The van der Waals surface area contributed by atoms with Crippen molar-refractivity contribution in [3.05, 3.63) is 29.8 Å². The molecule has 1 aliphatic rings. The van der Waals surface area contributed by atoms with Crippen molar-refractivity contribution in [2.45, 2.75) is 25.9 Å². The van der Waals surface area contributed by atoms with Crippen molar-refractivity contribution in [1.29, 1.82) is 0 Å². The van der Waals surface area contributed by atoms with Crippen molar-refractivity contribution in [3.63, 3.8) is 0 Å². The lowest BCUT2D eigenvalue weighted by Gasteiger charge is -2.32. The van der Waals surface area contributed by atoms with Gasteiger partial charge in [-0.2, -0.15) is 4.98 Å². The molecule has 8 heteroatoms. The van der Waals surface area contributed by atoms with Crippen LogP contribution < -0.4 is 9.47 Å². The van der Waals surface area contributed by atoms with Crippen LogP contribution in [0.2, 0.25) is 0 Å². The molecule has 1 fully saturated rings. The summed E-state index contributed by atoms with van der Waals surface area (Å²) in [6.45, 7) is 3.03. The highest BCUT2D eigenvalue weighted by Crippen LogP contribution is 2.22. The summed E-state index contributed by atoms with van der Waals surface area (Å²) in [5.41, 5.74) is 0.471. The van der Waals surface area contributed by atoms with E-state index in [9.17, 15) is 4.79 Å². The number of methoxy groups -OCH3 is 1. The number of aryl methyl sites for hydroxylation is 2. The Hall–Kier alpha value is -2.64. The molecule has 1 saturated heterocycles. The van der Waals surface area contributed by atoms with E-state index in [-0.39, 0.29) is 12.0 Å². The molecule has 0 aromatic carbocycles. The average Bonchev–Trinajstić information content (AvgIpc) is 2.95. The van der Waals surface area contributed by atoms with Crippen molar-refractivity contribution < 1.29 is 14.3 Å². The summed E-state index contributed by atoms with van der Waals surface area (Å²) in [5, 5.41) is 4.14. The predicted molar refractivity (Wildman–Crippen MR) is 86.1 cm³/mol. The second-order valence-corrected chi connectivity index (χ2v) is 5.80. The smallest absolute Gasteiger partial charge is 0.261 e. The Morgan fingerprint density at radius 2 is 2.25 bits per heavy atom. The number of nitrogens with zero attached hydrogens (tertiary/aromatic N) is 5. The number of carbonyl (C=O) groups is 1. The topological polar surface area (TPSA) is 82.4 Å². The van der Waals surface area contributed by atoms with Crippen molar-refractivity contribution in [2.75, 3.05) is 20.2 Å². The molecule has 8 nitrogen and oxygen atoms in total. The maximum absolute atomic E-state index is 12.8. The summed E-state index contributed by atoms with van der Waals surface area (Å²) in [4.78, 5) is 22.9. The lowest BCUT2D eigenvalue weighted by atomic mass is 10.1. The maximum atomic E-state index is 12.8. The molecule has 1 unspecified atom stereocenters. The molecule has 3 heterocycles. The Morgan fingerprint density at radius 1 is 1.42 bits per heavy atom. The van der Waals surface area contributed by atoms with E-state index in [0.717, 1.165) is 12.8 Å². The van der Waals surface area contributed by atoms with Crippen molar-refractivity contribution in [3.8, 4) is 11.8 Å². The van der Waals surface area contributed by atoms with Crippen LogP contribution in [0.1, 0.15) is 29.0 Å². The fourth-order valence-electron chi connectivity index (χ4n) is 2.83. The Morgan fingerprint density at radius 3 is 3.00 bits per heavy atom. The van der Waals surface area contributed by atoms with Gasteiger partial charge in [-0.1, -0.05) is 0 Å². The molecule has 0 saturated carbocycles. The predicted octanol–water partition coefficient (Wildman–Crippen LogP) is 1.21. The van der Waals surface area contributed by atoms with Gasteiger partial charge in [-0.3, -0.25) is 9.48 Å². The molecule has 0 aliphatic carbocycles. The van der Waals surface area contributed by atoms with Crippen LogP contribution >= 0.6 is 0 Å². The van der Waals surface area contributed by atoms with Gasteiger partial charge in [0, 0.05) is 32.1 Å². The summed E-state index contributed by atoms with van der Waals surface area (Å²) in [5.74, 6) is 1.46. The first kappa shape index (κ1) is 16.2. The van der Waals surface area contributed by atoms with E-state index in [1.165, 1.54) is 7.11 Å². The Labute approximate surface area is 140 Å². The van der Waals surface area contributed by atoms with Gasteiger partial charge in [-0.05, 0) is 19.8 Å². The monoisotopic (exact) mass is 331 g/mol. The van der Waals surface area contributed by atoms with Gasteiger partial charge in [0.1, 0.15) is 17.5 Å². The molecule has 24 heavy (non-hydrogen) atoms. The minimum atomic E-state index is -0.0906. The number of likely N-dealkylation sites (tertiary alicyclic amines) is 1. The lowest BCUT2D eigenvalue weighted by Crippen LogP contribution is -2.44. The van der Waals surface area contributed by atoms with E-state index in [1.54, 1.807) is 35.1 Å². The quantitative estimate of drug-likeness (QED) is 0.837. The van der Waals surface area contributed by atoms with Crippen LogP contribution in [0.3, 0.4) is 0 Å². The summed E-state index contributed by atoms with van der Waals surface area (Å²) >= 11 is 0. The van der Waals surface area contributed by atoms with Gasteiger partial charge < -0.3 is 14.4 Å². The highest BCUT2D eigenvalue weighted by atomic mass is 16.5. The number of hydrogen-bond donors (Lipinski definition) is 0. The van der Waals surface area contributed by atoms with E-state index >= 15 is 0 Å². The second-order valence-electron chi connectivity index (χ2n) is 5.80. The second kappa shape index (κ2) is 6.86. The van der Waals surface area contributed by atoms with Gasteiger partial charge in [0.25, 0.3) is 5.91 Å². The van der Waals surface area contributed by atoms with Crippen LogP contribution in [0.15, 0.2) is 18.5 Å². The van der Waals surface area contributed by atoms with Gasteiger partial charge in [0.15, 0.2) is 0 Å².